The molecule has 0 spiro atoms. The van der Waals surface area contributed by atoms with Crippen molar-refractivity contribution in [1.82, 2.24) is 0 Å². The fourth-order valence-corrected chi connectivity index (χ4v) is 3.93. The van der Waals surface area contributed by atoms with Crippen molar-refractivity contribution in [3.63, 3.8) is 0 Å². The fourth-order valence-electron chi connectivity index (χ4n) is 2.86. The molecule has 1 aliphatic carbocycles. The summed E-state index contributed by atoms with van der Waals surface area (Å²) in [6.45, 7) is 3.40. The molecule has 1 N–H and O–H groups in total. The van der Waals surface area contributed by atoms with Gasteiger partial charge in [-0.3, -0.25) is 9.52 Å². The van der Waals surface area contributed by atoms with Gasteiger partial charge in [-0.05, 0) is 49.1 Å². The predicted octanol–water partition coefficient (Wildman–Crippen LogP) is 3.70. The summed E-state index contributed by atoms with van der Waals surface area (Å²) < 4.78 is 41.6. The van der Waals surface area contributed by atoms with Crippen molar-refractivity contribution in [3.8, 4) is 0 Å². The topological polar surface area (TPSA) is 66.5 Å². The summed E-state index contributed by atoms with van der Waals surface area (Å²) in [4.78, 5) is 13.6. The number of rotatable bonds is 6. The van der Waals surface area contributed by atoms with Crippen molar-refractivity contribution in [2.24, 2.45) is 0 Å². The zero-order valence-corrected chi connectivity index (χ0v) is 15.5. The Labute approximate surface area is 152 Å². The summed E-state index contributed by atoms with van der Waals surface area (Å²) in [6.07, 6.45) is 2.50. The van der Waals surface area contributed by atoms with E-state index in [4.69, 9.17) is 0 Å². The predicted molar refractivity (Wildman–Crippen MR) is 99.2 cm³/mol. The summed E-state index contributed by atoms with van der Waals surface area (Å²) in [5.74, 6) is -0.779. The maximum absolute atomic E-state index is 13.8. The zero-order valence-electron chi connectivity index (χ0n) is 14.7. The second-order valence-electron chi connectivity index (χ2n) is 6.38. The van der Waals surface area contributed by atoms with Crippen LogP contribution < -0.4 is 9.62 Å². The average Bonchev–Trinajstić information content (AvgIpc) is 3.41. The Hall–Kier alpha value is -2.41. The minimum Gasteiger partial charge on any atom is -0.308 e. The molecule has 0 unspecified atom stereocenters. The number of sulfonamides is 1. The second kappa shape index (κ2) is 7.07. The average molecular weight is 376 g/mol. The first-order valence-corrected chi connectivity index (χ1v) is 10.0. The largest absolute Gasteiger partial charge is 0.308 e. The van der Waals surface area contributed by atoms with Crippen LogP contribution in [0.5, 0.6) is 0 Å². The monoisotopic (exact) mass is 376 g/mol. The zero-order chi connectivity index (χ0) is 18.9. The van der Waals surface area contributed by atoms with Crippen LogP contribution >= 0.6 is 0 Å². The highest BCUT2D eigenvalue weighted by molar-refractivity contribution is 7.92. The number of nitrogens with zero attached hydrogens (tertiary/aromatic N) is 1. The van der Waals surface area contributed by atoms with E-state index in [1.807, 2.05) is 6.92 Å². The first kappa shape index (κ1) is 18.4. The van der Waals surface area contributed by atoms with E-state index in [2.05, 4.69) is 4.72 Å². The van der Waals surface area contributed by atoms with Crippen LogP contribution in [0.15, 0.2) is 47.4 Å². The van der Waals surface area contributed by atoms with Gasteiger partial charge in [0.2, 0.25) is 5.91 Å². The number of anilines is 2. The summed E-state index contributed by atoms with van der Waals surface area (Å²) in [5, 5.41) is 0. The van der Waals surface area contributed by atoms with Crippen LogP contribution in [0.1, 0.15) is 32.3 Å². The van der Waals surface area contributed by atoms with Gasteiger partial charge in [-0.25, -0.2) is 12.8 Å². The molecule has 1 fully saturated rings. The molecule has 2 aromatic rings. The molecule has 0 atom stereocenters. The number of nitrogens with one attached hydrogen (secondary N) is 1. The van der Waals surface area contributed by atoms with E-state index in [-0.39, 0.29) is 22.5 Å². The Bertz CT molecular complexity index is 922. The minimum atomic E-state index is -3.90. The number of benzene rings is 2. The van der Waals surface area contributed by atoms with Crippen LogP contribution in [0.2, 0.25) is 0 Å². The highest BCUT2D eigenvalue weighted by Gasteiger charge is 2.34. The highest BCUT2D eigenvalue weighted by Crippen LogP contribution is 2.37. The quantitative estimate of drug-likeness (QED) is 0.836. The molecule has 26 heavy (non-hydrogen) atoms. The van der Waals surface area contributed by atoms with Crippen molar-refractivity contribution in [2.75, 3.05) is 9.62 Å². The number of hydrogen-bond acceptors (Lipinski definition) is 3. The third kappa shape index (κ3) is 3.88. The Kier molecular flexibility index (Phi) is 5.00. The van der Waals surface area contributed by atoms with E-state index >= 15 is 0 Å². The number of carbonyl (C=O) groups is 1. The molecule has 0 aliphatic heterocycles. The molecule has 3 rings (SSSR count). The lowest BCUT2D eigenvalue weighted by Crippen LogP contribution is -2.31. The van der Waals surface area contributed by atoms with Gasteiger partial charge < -0.3 is 4.90 Å². The minimum absolute atomic E-state index is 0.0325. The Morgan fingerprint density at radius 2 is 1.85 bits per heavy atom. The van der Waals surface area contributed by atoms with Gasteiger partial charge >= 0.3 is 0 Å². The third-order valence-corrected chi connectivity index (χ3v) is 5.74. The number of carbonyl (C=O) groups excluding carboxylic acids is 1. The van der Waals surface area contributed by atoms with E-state index in [9.17, 15) is 17.6 Å². The van der Waals surface area contributed by atoms with E-state index in [1.54, 1.807) is 12.1 Å². The molecule has 138 valence electrons. The van der Waals surface area contributed by atoms with Crippen molar-refractivity contribution in [3.05, 3.63) is 53.8 Å². The molecule has 0 saturated heterocycles. The molecule has 2 aromatic carbocycles. The summed E-state index contributed by atoms with van der Waals surface area (Å²) >= 11 is 0. The Morgan fingerprint density at radius 3 is 2.38 bits per heavy atom. The van der Waals surface area contributed by atoms with Gasteiger partial charge in [0.15, 0.2) is 0 Å². The van der Waals surface area contributed by atoms with Crippen molar-refractivity contribution < 1.29 is 17.6 Å². The molecule has 0 aromatic heterocycles. The standard InChI is InChI=1S/C19H21FN2O3S/c1-3-14-4-9-17(10-5-14)26(24,25)21-18-12-15(20)6-11-19(18)22(13(2)23)16-7-8-16/h4-6,9-12,16,21H,3,7-8H2,1-2H3. The molecule has 0 heterocycles. The van der Waals surface area contributed by atoms with Gasteiger partial charge in [0.05, 0.1) is 16.3 Å². The van der Waals surface area contributed by atoms with E-state index < -0.39 is 15.8 Å². The molecule has 5 nitrogen and oxygen atoms in total. The molecule has 0 radical (unpaired) electrons. The molecule has 1 saturated carbocycles. The maximum Gasteiger partial charge on any atom is 0.261 e. The van der Waals surface area contributed by atoms with Gasteiger partial charge in [0, 0.05) is 19.0 Å². The second-order valence-corrected chi connectivity index (χ2v) is 8.07. The fraction of sp³-hybridized carbons (Fsp3) is 0.316. The van der Waals surface area contributed by atoms with Gasteiger partial charge in [0.1, 0.15) is 5.82 Å². The molecular formula is C19H21FN2O3S. The lowest BCUT2D eigenvalue weighted by Gasteiger charge is -2.24. The number of aryl methyl sites for hydroxylation is 1. The highest BCUT2D eigenvalue weighted by atomic mass is 32.2. The molecule has 0 bridgehead atoms. The molecule has 1 amide bonds. The van der Waals surface area contributed by atoms with Gasteiger partial charge in [-0.1, -0.05) is 19.1 Å². The lowest BCUT2D eigenvalue weighted by atomic mass is 10.2. The van der Waals surface area contributed by atoms with Crippen LogP contribution in [-0.4, -0.2) is 20.4 Å². The lowest BCUT2D eigenvalue weighted by molar-refractivity contribution is -0.116. The smallest absolute Gasteiger partial charge is 0.261 e. The normalized spacial score (nSPS) is 14.1. The van der Waals surface area contributed by atoms with Crippen molar-refractivity contribution in [1.29, 1.82) is 0 Å². The number of amides is 1. The van der Waals surface area contributed by atoms with Crippen LogP contribution in [0.4, 0.5) is 15.8 Å². The first-order valence-electron chi connectivity index (χ1n) is 8.53. The molecule has 1 aliphatic rings. The third-order valence-electron chi connectivity index (χ3n) is 4.36. The Balaban J connectivity index is 1.97. The molecular weight excluding hydrogens is 355 g/mol. The SMILES string of the molecule is CCc1ccc(S(=O)(=O)Nc2cc(F)ccc2N(C(C)=O)C2CC2)cc1. The Morgan fingerprint density at radius 1 is 1.19 bits per heavy atom. The van der Waals surface area contributed by atoms with Crippen molar-refractivity contribution in [2.45, 2.75) is 44.0 Å². The van der Waals surface area contributed by atoms with Crippen LogP contribution in [0.25, 0.3) is 0 Å². The van der Waals surface area contributed by atoms with Gasteiger partial charge in [-0.2, -0.15) is 0 Å². The maximum atomic E-state index is 13.8. The van der Waals surface area contributed by atoms with Crippen molar-refractivity contribution >= 4 is 27.3 Å². The van der Waals surface area contributed by atoms with E-state index in [0.29, 0.717) is 5.69 Å². The van der Waals surface area contributed by atoms with Crippen LogP contribution in [0.3, 0.4) is 0 Å². The van der Waals surface area contributed by atoms with Gasteiger partial charge in [-0.15, -0.1) is 0 Å². The summed E-state index contributed by atoms with van der Waals surface area (Å²) in [6, 6.07) is 10.3. The van der Waals surface area contributed by atoms with E-state index in [1.165, 1.54) is 36.1 Å². The summed E-state index contributed by atoms with van der Waals surface area (Å²) in [7, 11) is -3.90. The van der Waals surface area contributed by atoms with Gasteiger partial charge in [0.25, 0.3) is 10.0 Å². The van der Waals surface area contributed by atoms with Crippen LogP contribution in [0, 0.1) is 5.82 Å². The summed E-state index contributed by atoms with van der Waals surface area (Å²) in [5.41, 5.74) is 1.45. The number of hydrogen-bond donors (Lipinski definition) is 1. The number of halogens is 1. The van der Waals surface area contributed by atoms with E-state index in [0.717, 1.165) is 30.9 Å². The van der Waals surface area contributed by atoms with Crippen LogP contribution in [-0.2, 0) is 21.2 Å². The first-order chi connectivity index (χ1) is 12.3. The molecule has 7 heteroatoms.